The molecule has 0 aromatic rings. The van der Waals surface area contributed by atoms with Crippen LogP contribution >= 0.6 is 0 Å². The Morgan fingerprint density at radius 3 is 1.44 bits per heavy atom. The highest BCUT2D eigenvalue weighted by molar-refractivity contribution is 5.80. The minimum Gasteiger partial charge on any atom is -0.454 e. The SMILES string of the molecule is CCCC/C=C\CCCCCCCC(=O)OC1C(OCC(NC(=O)C(O)CCCCCCCCCCCCCC/C=C\C/C=C\CCCCC)C(O)/C=C/CCCCCCCCCCCCC)OC(CO)C(O)C1O. The van der Waals surface area contributed by atoms with Gasteiger partial charge in [-0.05, 0) is 77.0 Å². The molecule has 11 nitrogen and oxygen atoms in total. The maximum Gasteiger partial charge on any atom is 0.306 e. The Kier molecular flexibility index (Phi) is 49.3. The van der Waals surface area contributed by atoms with E-state index in [9.17, 15) is 35.1 Å². The molecule has 1 fully saturated rings. The summed E-state index contributed by atoms with van der Waals surface area (Å²) in [5.74, 6) is -1.20. The first kappa shape index (κ1) is 70.6. The van der Waals surface area contributed by atoms with Crippen LogP contribution in [-0.2, 0) is 23.8 Å². The van der Waals surface area contributed by atoms with Crippen molar-refractivity contribution in [2.24, 2.45) is 0 Å². The molecule has 0 spiro atoms. The first-order valence-electron chi connectivity index (χ1n) is 31.4. The Morgan fingerprint density at radius 1 is 0.520 bits per heavy atom. The van der Waals surface area contributed by atoms with Crippen LogP contribution in [0.5, 0.6) is 0 Å². The molecule has 1 aliphatic heterocycles. The smallest absolute Gasteiger partial charge is 0.306 e. The molecule has 0 aromatic carbocycles. The highest BCUT2D eigenvalue weighted by atomic mass is 16.7. The van der Waals surface area contributed by atoms with Gasteiger partial charge in [0, 0.05) is 6.42 Å². The number of nitrogens with one attached hydrogen (secondary N) is 1. The summed E-state index contributed by atoms with van der Waals surface area (Å²) in [6.45, 7) is 5.73. The van der Waals surface area contributed by atoms with E-state index in [0.717, 1.165) is 83.5 Å². The molecule has 75 heavy (non-hydrogen) atoms. The van der Waals surface area contributed by atoms with Gasteiger partial charge < -0.3 is 45.1 Å². The number of ether oxygens (including phenoxy) is 3. The Hall–Kier alpha value is -2.38. The molecule has 1 amide bonds. The van der Waals surface area contributed by atoms with Gasteiger partial charge in [-0.25, -0.2) is 0 Å². The molecule has 1 rings (SSSR count). The van der Waals surface area contributed by atoms with Crippen LogP contribution in [-0.4, -0.2) is 99.6 Å². The number of hydrogen-bond donors (Lipinski definition) is 6. The van der Waals surface area contributed by atoms with Crippen molar-refractivity contribution in [1.82, 2.24) is 5.32 Å². The van der Waals surface area contributed by atoms with Gasteiger partial charge in [-0.15, -0.1) is 0 Å². The van der Waals surface area contributed by atoms with Crippen molar-refractivity contribution in [3.63, 3.8) is 0 Å². The summed E-state index contributed by atoms with van der Waals surface area (Å²) >= 11 is 0. The third-order valence-corrected chi connectivity index (χ3v) is 14.7. The molecule has 0 aromatic heterocycles. The van der Waals surface area contributed by atoms with Crippen LogP contribution in [0.1, 0.15) is 284 Å². The largest absolute Gasteiger partial charge is 0.454 e. The zero-order valence-corrected chi connectivity index (χ0v) is 48.4. The molecule has 8 atom stereocenters. The Labute approximate surface area is 459 Å². The first-order valence-corrected chi connectivity index (χ1v) is 31.4. The zero-order valence-electron chi connectivity index (χ0n) is 48.4. The number of aliphatic hydroxyl groups excluding tert-OH is 5. The molecule has 0 radical (unpaired) electrons. The van der Waals surface area contributed by atoms with E-state index in [-0.39, 0.29) is 13.0 Å². The number of amides is 1. The number of unbranched alkanes of at least 4 members (excludes halogenated alkanes) is 33. The summed E-state index contributed by atoms with van der Waals surface area (Å²) in [6, 6.07) is -1.02. The van der Waals surface area contributed by atoms with E-state index in [0.29, 0.717) is 19.3 Å². The topological polar surface area (TPSA) is 175 Å². The lowest BCUT2D eigenvalue weighted by Gasteiger charge is -2.41. The van der Waals surface area contributed by atoms with Crippen molar-refractivity contribution >= 4 is 11.9 Å². The van der Waals surface area contributed by atoms with Crippen LogP contribution in [0.15, 0.2) is 48.6 Å². The minimum atomic E-state index is -1.61. The fourth-order valence-electron chi connectivity index (χ4n) is 9.66. The molecule has 1 aliphatic rings. The van der Waals surface area contributed by atoms with Crippen molar-refractivity contribution in [3.8, 4) is 0 Å². The normalized spacial score (nSPS) is 19.5. The second kappa shape index (κ2) is 52.3. The molecule has 0 aliphatic carbocycles. The van der Waals surface area contributed by atoms with Gasteiger partial charge in [0.2, 0.25) is 5.91 Å². The van der Waals surface area contributed by atoms with E-state index in [4.69, 9.17) is 14.2 Å². The van der Waals surface area contributed by atoms with Crippen LogP contribution in [0.4, 0.5) is 0 Å². The highest BCUT2D eigenvalue weighted by Crippen LogP contribution is 2.26. The van der Waals surface area contributed by atoms with Crippen molar-refractivity contribution in [2.45, 2.75) is 333 Å². The molecule has 438 valence electrons. The summed E-state index contributed by atoms with van der Waals surface area (Å²) in [5.41, 5.74) is 0. The lowest BCUT2D eigenvalue weighted by atomic mass is 9.99. The van der Waals surface area contributed by atoms with E-state index in [1.54, 1.807) is 6.08 Å². The monoisotopic (exact) mass is 1060 g/mol. The zero-order chi connectivity index (χ0) is 54.7. The first-order chi connectivity index (χ1) is 36.7. The molecular weight excluding hydrogens is 943 g/mol. The van der Waals surface area contributed by atoms with Gasteiger partial charge in [0.25, 0.3) is 0 Å². The van der Waals surface area contributed by atoms with Gasteiger partial charge in [-0.1, -0.05) is 249 Å². The van der Waals surface area contributed by atoms with Crippen LogP contribution in [0.3, 0.4) is 0 Å². The van der Waals surface area contributed by atoms with Gasteiger partial charge in [-0.2, -0.15) is 0 Å². The lowest BCUT2D eigenvalue weighted by molar-refractivity contribution is -0.305. The van der Waals surface area contributed by atoms with Crippen molar-refractivity contribution in [1.29, 1.82) is 0 Å². The summed E-state index contributed by atoms with van der Waals surface area (Å²) in [7, 11) is 0. The van der Waals surface area contributed by atoms with Gasteiger partial charge in [0.15, 0.2) is 12.4 Å². The molecule has 6 N–H and O–H groups in total. The summed E-state index contributed by atoms with van der Waals surface area (Å²) in [5, 5.41) is 56.9. The number of aliphatic hydroxyl groups is 5. The quantitative estimate of drug-likeness (QED) is 0.0195. The van der Waals surface area contributed by atoms with Gasteiger partial charge in [0.05, 0.1) is 25.4 Å². The number of carbonyl (C=O) groups is 2. The number of rotatable bonds is 53. The van der Waals surface area contributed by atoms with E-state index >= 15 is 0 Å². The van der Waals surface area contributed by atoms with E-state index in [1.807, 2.05) is 6.08 Å². The summed E-state index contributed by atoms with van der Waals surface area (Å²) < 4.78 is 17.6. The third kappa shape index (κ3) is 40.5. The van der Waals surface area contributed by atoms with E-state index < -0.39 is 67.4 Å². The minimum absolute atomic E-state index is 0.114. The molecule has 1 heterocycles. The third-order valence-electron chi connectivity index (χ3n) is 14.7. The molecular formula is C64H117NO10. The van der Waals surface area contributed by atoms with E-state index in [2.05, 4.69) is 62.5 Å². The van der Waals surface area contributed by atoms with Crippen LogP contribution in [0, 0.1) is 0 Å². The molecule has 0 bridgehead atoms. The second-order valence-corrected chi connectivity index (χ2v) is 21.8. The predicted molar refractivity (Wildman–Crippen MR) is 310 cm³/mol. The Bertz CT molecular complexity index is 1400. The molecule has 8 unspecified atom stereocenters. The summed E-state index contributed by atoms with van der Waals surface area (Å²) in [6.07, 6.45) is 53.0. The fraction of sp³-hybridized carbons (Fsp3) is 0.844. The van der Waals surface area contributed by atoms with Gasteiger partial charge in [-0.3, -0.25) is 9.59 Å². The van der Waals surface area contributed by atoms with Crippen LogP contribution < -0.4 is 5.32 Å². The van der Waals surface area contributed by atoms with E-state index in [1.165, 1.54) is 154 Å². The maximum atomic E-state index is 13.4. The van der Waals surface area contributed by atoms with Gasteiger partial charge in [0.1, 0.15) is 24.4 Å². The van der Waals surface area contributed by atoms with Crippen molar-refractivity contribution in [3.05, 3.63) is 48.6 Å². The average Bonchev–Trinajstić information content (AvgIpc) is 3.41. The van der Waals surface area contributed by atoms with Crippen LogP contribution in [0.25, 0.3) is 0 Å². The maximum absolute atomic E-state index is 13.4. The number of hydrogen-bond acceptors (Lipinski definition) is 10. The lowest BCUT2D eigenvalue weighted by Crippen LogP contribution is -2.61. The average molecular weight is 1060 g/mol. The molecule has 11 heteroatoms. The fourth-order valence-corrected chi connectivity index (χ4v) is 9.66. The Balaban J connectivity index is 2.64. The van der Waals surface area contributed by atoms with Crippen LogP contribution in [0.2, 0.25) is 0 Å². The Morgan fingerprint density at radius 2 is 0.933 bits per heavy atom. The predicted octanol–water partition coefficient (Wildman–Crippen LogP) is 14.8. The second-order valence-electron chi connectivity index (χ2n) is 21.8. The summed E-state index contributed by atoms with van der Waals surface area (Å²) in [4.78, 5) is 26.5. The van der Waals surface area contributed by atoms with Gasteiger partial charge >= 0.3 is 5.97 Å². The van der Waals surface area contributed by atoms with Crippen molar-refractivity contribution in [2.75, 3.05) is 13.2 Å². The highest BCUT2D eigenvalue weighted by Gasteiger charge is 2.47. The molecule has 0 saturated carbocycles. The standard InChI is InChI=1S/C64H117NO10/c1-4-7-10-13-16-19-22-24-25-26-27-28-29-30-31-32-34-37-39-42-45-48-51-57(68)63(72)65-55(56(67)50-47-44-41-38-36-33-23-20-17-14-11-8-5-2)54-73-64-62(61(71)60(70)58(53-66)74-64)75-59(69)52-49-46-43-40-35-21-18-15-12-9-6-3/h15-16,18-19,24-25,47,50,55-58,60-62,64,66-68,70-71H,4-14,17,20-23,26-46,48-49,51-54H2,1-3H3,(H,65,72)/b18-15-,19-16-,25-24-,50-47+. The number of esters is 1. The number of allylic oxidation sites excluding steroid dienone is 7. The number of carbonyl (C=O) groups excluding carboxylic acids is 2. The van der Waals surface area contributed by atoms with Crippen molar-refractivity contribution < 1.29 is 49.3 Å². The molecule has 1 saturated heterocycles.